The van der Waals surface area contributed by atoms with Gasteiger partial charge in [-0.15, -0.1) is 0 Å². The highest BCUT2D eigenvalue weighted by molar-refractivity contribution is 6.34. The first-order valence-corrected chi connectivity index (χ1v) is 13.7. The quantitative estimate of drug-likeness (QED) is 0.272. The molecule has 0 saturated carbocycles. The zero-order valence-corrected chi connectivity index (χ0v) is 22.6. The molecule has 1 N–H and O–H groups in total. The second kappa shape index (κ2) is 9.19. The van der Waals surface area contributed by atoms with E-state index in [1.807, 2.05) is 65.7 Å². The molecule has 1 fully saturated rings. The minimum absolute atomic E-state index is 0.271. The molecule has 40 heavy (non-hydrogen) atoms. The van der Waals surface area contributed by atoms with Crippen LogP contribution in [-0.2, 0) is 10.2 Å². The minimum atomic E-state index is -1.40. The summed E-state index contributed by atoms with van der Waals surface area (Å²) < 4.78 is 0. The molecule has 0 unspecified atom stereocenters. The Kier molecular flexibility index (Phi) is 5.70. The number of para-hydroxylation sites is 1. The molecule has 7 rings (SSSR count). The Morgan fingerprint density at radius 2 is 1.50 bits per heavy atom. The summed E-state index contributed by atoms with van der Waals surface area (Å²) in [4.78, 5) is 45.6. The SMILES string of the molecule is O=C(c1ccc(Cl)cc1)[C@@H]1[C@@H](C(=O)c2ccccc2Cl)[C@@]2(C(=O)Nc3ccccc32)[C@H]2c3ccccc3C=CN12. The minimum Gasteiger partial charge on any atom is -0.358 e. The molecular weight excluding hydrogens is 543 g/mol. The van der Waals surface area contributed by atoms with E-state index in [0.717, 1.165) is 11.1 Å². The number of ketones is 2. The van der Waals surface area contributed by atoms with Gasteiger partial charge in [0.2, 0.25) is 5.91 Å². The van der Waals surface area contributed by atoms with Gasteiger partial charge in [0, 0.05) is 28.0 Å². The Bertz CT molecular complexity index is 1750. The number of benzene rings is 4. The van der Waals surface area contributed by atoms with Gasteiger partial charge in [0.25, 0.3) is 0 Å². The van der Waals surface area contributed by atoms with Crippen LogP contribution in [0.15, 0.2) is 103 Å². The van der Waals surface area contributed by atoms with E-state index in [-0.39, 0.29) is 28.1 Å². The summed E-state index contributed by atoms with van der Waals surface area (Å²) in [6.45, 7) is 0. The molecule has 5 nitrogen and oxygen atoms in total. The Hall–Kier alpha value is -4.19. The van der Waals surface area contributed by atoms with Crippen LogP contribution >= 0.6 is 23.2 Å². The van der Waals surface area contributed by atoms with Crippen LogP contribution < -0.4 is 5.32 Å². The van der Waals surface area contributed by atoms with Gasteiger partial charge >= 0.3 is 0 Å². The van der Waals surface area contributed by atoms with Gasteiger partial charge in [-0.3, -0.25) is 14.4 Å². The summed E-state index contributed by atoms with van der Waals surface area (Å²) >= 11 is 12.7. The maximum absolute atomic E-state index is 14.8. The van der Waals surface area contributed by atoms with Crippen LogP contribution in [0, 0.1) is 5.92 Å². The van der Waals surface area contributed by atoms with E-state index in [4.69, 9.17) is 23.2 Å². The fourth-order valence-corrected chi connectivity index (χ4v) is 7.14. The number of carbonyl (C=O) groups excluding carboxylic acids is 3. The monoisotopic (exact) mass is 564 g/mol. The summed E-state index contributed by atoms with van der Waals surface area (Å²) in [6, 6.07) is 27.0. The molecule has 196 valence electrons. The first-order valence-electron chi connectivity index (χ1n) is 13.0. The first kappa shape index (κ1) is 24.8. The molecule has 0 radical (unpaired) electrons. The van der Waals surface area contributed by atoms with Gasteiger partial charge in [-0.05, 0) is 65.2 Å². The molecule has 4 aromatic rings. The third kappa shape index (κ3) is 3.38. The summed E-state index contributed by atoms with van der Waals surface area (Å²) in [5, 5.41) is 3.82. The van der Waals surface area contributed by atoms with Crippen LogP contribution in [-0.4, -0.2) is 28.4 Å². The highest BCUT2D eigenvalue weighted by Gasteiger charge is 2.70. The molecule has 1 amide bonds. The maximum atomic E-state index is 14.8. The van der Waals surface area contributed by atoms with Crippen molar-refractivity contribution in [2.24, 2.45) is 5.92 Å². The predicted molar refractivity (Wildman–Crippen MR) is 156 cm³/mol. The zero-order valence-electron chi connectivity index (χ0n) is 21.1. The zero-order chi connectivity index (χ0) is 27.6. The third-order valence-corrected chi connectivity index (χ3v) is 8.97. The van der Waals surface area contributed by atoms with Crippen molar-refractivity contribution in [3.63, 3.8) is 0 Å². The Labute approximate surface area is 241 Å². The number of Topliss-reactive ketones (excluding diaryl/α,β-unsaturated/α-hetero) is 2. The number of hydrogen-bond donors (Lipinski definition) is 1. The van der Waals surface area contributed by atoms with Crippen LogP contribution in [0.3, 0.4) is 0 Å². The van der Waals surface area contributed by atoms with Crippen molar-refractivity contribution < 1.29 is 14.4 Å². The largest absolute Gasteiger partial charge is 0.358 e. The molecule has 7 heteroatoms. The van der Waals surface area contributed by atoms with E-state index >= 15 is 0 Å². The third-order valence-electron chi connectivity index (χ3n) is 8.39. The van der Waals surface area contributed by atoms with Crippen LogP contribution in [0.5, 0.6) is 0 Å². The lowest BCUT2D eigenvalue weighted by Gasteiger charge is -2.38. The number of amides is 1. The van der Waals surface area contributed by atoms with Gasteiger partial charge in [0.15, 0.2) is 11.6 Å². The number of anilines is 1. The standard InChI is InChI=1S/C33H22Cl2N2O3/c34-21-15-13-20(14-16-21)29(38)28-27(30(39)23-9-3-5-11-25(23)35)33(24-10-4-6-12-26(24)36-32(33)40)31-22-8-2-1-7-19(22)17-18-37(28)31/h1-18,27-28,31H,(H,36,40)/t27-,28-,31+,33+/m0/s1. The smallest absolute Gasteiger partial charge is 0.238 e. The van der Waals surface area contributed by atoms with Crippen LogP contribution in [0.1, 0.15) is 43.4 Å². The summed E-state index contributed by atoms with van der Waals surface area (Å²) in [5.74, 6) is -2.03. The number of rotatable bonds is 4. The number of hydrogen-bond acceptors (Lipinski definition) is 4. The summed E-state index contributed by atoms with van der Waals surface area (Å²) in [5.41, 5.74) is 2.41. The summed E-state index contributed by atoms with van der Waals surface area (Å²) in [7, 11) is 0. The molecule has 3 heterocycles. The van der Waals surface area contributed by atoms with Gasteiger partial charge in [0.1, 0.15) is 11.5 Å². The van der Waals surface area contributed by atoms with Crippen molar-refractivity contribution in [2.45, 2.75) is 17.5 Å². The second-order valence-corrected chi connectivity index (χ2v) is 11.1. The molecular formula is C33H22Cl2N2O3. The lowest BCUT2D eigenvalue weighted by atomic mass is 9.62. The van der Waals surface area contributed by atoms with Crippen molar-refractivity contribution in [2.75, 3.05) is 5.32 Å². The van der Waals surface area contributed by atoms with E-state index in [0.29, 0.717) is 21.8 Å². The molecule has 0 aliphatic carbocycles. The van der Waals surface area contributed by atoms with Crippen molar-refractivity contribution in [3.05, 3.63) is 141 Å². The van der Waals surface area contributed by atoms with Crippen molar-refractivity contribution in [3.8, 4) is 0 Å². The highest BCUT2D eigenvalue weighted by atomic mass is 35.5. The van der Waals surface area contributed by atoms with E-state index in [1.165, 1.54) is 0 Å². The van der Waals surface area contributed by atoms with Gasteiger partial charge in [0.05, 0.1) is 17.0 Å². The lowest BCUT2D eigenvalue weighted by molar-refractivity contribution is -0.122. The van der Waals surface area contributed by atoms with E-state index in [1.54, 1.807) is 48.5 Å². The predicted octanol–water partition coefficient (Wildman–Crippen LogP) is 6.98. The normalized spacial score (nSPS) is 23.9. The van der Waals surface area contributed by atoms with E-state index in [2.05, 4.69) is 5.32 Å². The number of carbonyl (C=O) groups is 3. The molecule has 1 spiro atoms. The Morgan fingerprint density at radius 1 is 0.800 bits per heavy atom. The van der Waals surface area contributed by atoms with Gasteiger partial charge in [-0.2, -0.15) is 0 Å². The number of halogens is 2. The van der Waals surface area contributed by atoms with Gasteiger partial charge < -0.3 is 10.2 Å². The van der Waals surface area contributed by atoms with E-state index < -0.39 is 23.4 Å². The fraction of sp³-hybridized carbons (Fsp3) is 0.121. The average molecular weight is 565 g/mol. The Morgan fingerprint density at radius 3 is 2.30 bits per heavy atom. The number of nitrogens with zero attached hydrogens (tertiary/aromatic N) is 1. The van der Waals surface area contributed by atoms with Crippen LogP contribution in [0.4, 0.5) is 5.69 Å². The van der Waals surface area contributed by atoms with Crippen molar-refractivity contribution in [1.29, 1.82) is 0 Å². The first-order chi connectivity index (χ1) is 19.4. The second-order valence-electron chi connectivity index (χ2n) is 10.3. The van der Waals surface area contributed by atoms with E-state index in [9.17, 15) is 14.4 Å². The van der Waals surface area contributed by atoms with Crippen molar-refractivity contribution in [1.82, 2.24) is 4.90 Å². The fourth-order valence-electron chi connectivity index (χ4n) is 6.78. The molecule has 3 aliphatic heterocycles. The Balaban J connectivity index is 1.55. The molecule has 1 saturated heterocycles. The molecule has 3 aliphatic rings. The lowest BCUT2D eigenvalue weighted by Crippen LogP contribution is -2.49. The number of fused-ring (bicyclic) bond motifs is 6. The molecule has 4 atom stereocenters. The van der Waals surface area contributed by atoms with Gasteiger partial charge in [-0.25, -0.2) is 0 Å². The average Bonchev–Trinajstić information content (AvgIpc) is 3.45. The van der Waals surface area contributed by atoms with Crippen LogP contribution in [0.25, 0.3) is 6.08 Å². The number of nitrogens with one attached hydrogen (secondary N) is 1. The molecule has 0 aromatic heterocycles. The summed E-state index contributed by atoms with van der Waals surface area (Å²) in [6.07, 6.45) is 3.78. The van der Waals surface area contributed by atoms with Crippen LogP contribution in [0.2, 0.25) is 10.0 Å². The molecule has 0 bridgehead atoms. The topological polar surface area (TPSA) is 66.5 Å². The van der Waals surface area contributed by atoms with Gasteiger partial charge in [-0.1, -0.05) is 77.8 Å². The molecule has 4 aromatic carbocycles. The van der Waals surface area contributed by atoms with Crippen molar-refractivity contribution >= 4 is 52.4 Å². The maximum Gasteiger partial charge on any atom is 0.238 e. The highest BCUT2D eigenvalue weighted by Crippen LogP contribution is 2.62.